The van der Waals surface area contributed by atoms with Gasteiger partial charge >= 0.3 is 6.61 Å². The Kier molecular flexibility index (Phi) is 4.83. The normalized spacial score (nSPS) is 18.7. The maximum absolute atomic E-state index is 12.4. The molecule has 1 saturated carbocycles. The van der Waals surface area contributed by atoms with Crippen LogP contribution in [0.15, 0.2) is 18.2 Å². The molecule has 2 rings (SSSR count). The van der Waals surface area contributed by atoms with E-state index in [0.29, 0.717) is 17.1 Å². The molecule has 0 amide bonds. The Labute approximate surface area is 121 Å². The summed E-state index contributed by atoms with van der Waals surface area (Å²) in [6.07, 6.45) is 2.55. The van der Waals surface area contributed by atoms with Crippen molar-refractivity contribution in [2.24, 2.45) is 0 Å². The first-order chi connectivity index (χ1) is 9.39. The predicted molar refractivity (Wildman–Crippen MR) is 73.3 cm³/mol. The third-order valence-electron chi connectivity index (χ3n) is 3.68. The smallest absolute Gasteiger partial charge is 0.387 e. The molecular weight excluding hydrogens is 288 g/mol. The summed E-state index contributed by atoms with van der Waals surface area (Å²) in [6.45, 7) is -0.626. The molecule has 0 heterocycles. The van der Waals surface area contributed by atoms with Crippen LogP contribution in [0, 0.1) is 0 Å². The number of nitrogens with one attached hydrogen (secondary N) is 1. The third-order valence-corrected chi connectivity index (χ3v) is 3.91. The second-order valence-electron chi connectivity index (χ2n) is 5.24. The molecule has 0 aliphatic heterocycles. The Morgan fingerprint density at radius 1 is 1.45 bits per heavy atom. The summed E-state index contributed by atoms with van der Waals surface area (Å²) in [5.41, 5.74) is -0.114. The maximum atomic E-state index is 12.4. The van der Waals surface area contributed by atoms with Crippen LogP contribution in [0.3, 0.4) is 0 Å². The van der Waals surface area contributed by atoms with E-state index in [9.17, 15) is 13.9 Å². The number of rotatable bonds is 6. The molecule has 0 spiro atoms. The van der Waals surface area contributed by atoms with Crippen LogP contribution < -0.4 is 10.1 Å². The number of hydrogen-bond donors (Lipinski definition) is 2. The average molecular weight is 306 g/mol. The fourth-order valence-corrected chi connectivity index (χ4v) is 2.46. The molecule has 0 radical (unpaired) electrons. The average Bonchev–Trinajstić information content (AvgIpc) is 2.35. The van der Waals surface area contributed by atoms with Crippen LogP contribution in [-0.2, 0) is 0 Å². The molecule has 0 saturated heterocycles. The molecule has 1 aliphatic rings. The van der Waals surface area contributed by atoms with Gasteiger partial charge < -0.3 is 15.2 Å². The summed E-state index contributed by atoms with van der Waals surface area (Å²) in [5, 5.41) is 13.6. The fourth-order valence-electron chi connectivity index (χ4n) is 2.28. The van der Waals surface area contributed by atoms with Gasteiger partial charge in [0.05, 0.1) is 5.60 Å². The van der Waals surface area contributed by atoms with Gasteiger partial charge in [0.15, 0.2) is 0 Å². The van der Waals surface area contributed by atoms with Crippen molar-refractivity contribution in [2.45, 2.75) is 44.4 Å². The quantitative estimate of drug-likeness (QED) is 0.845. The van der Waals surface area contributed by atoms with Crippen molar-refractivity contribution < 1.29 is 18.6 Å². The summed E-state index contributed by atoms with van der Waals surface area (Å²) in [6, 6.07) is 4.30. The van der Waals surface area contributed by atoms with Gasteiger partial charge in [-0.15, -0.1) is 0 Å². The Morgan fingerprint density at radius 2 is 2.15 bits per heavy atom. The number of halogens is 3. The Bertz CT molecular complexity index is 466. The summed E-state index contributed by atoms with van der Waals surface area (Å²) >= 11 is 5.91. The number of aliphatic hydroxyl groups is 1. The van der Waals surface area contributed by atoms with Gasteiger partial charge in [-0.25, -0.2) is 0 Å². The standard InChI is InChI=1S/C14H18ClF2NO2/c1-9(18-8-14(19)5-2-6-14)11-7-10(15)3-4-12(11)20-13(16)17/h3-4,7,9,13,18-19H,2,5-6,8H2,1H3. The van der Waals surface area contributed by atoms with Crippen LogP contribution in [0.5, 0.6) is 5.75 Å². The van der Waals surface area contributed by atoms with E-state index < -0.39 is 12.2 Å². The van der Waals surface area contributed by atoms with Gasteiger partial charge in [-0.2, -0.15) is 8.78 Å². The number of alkyl halides is 2. The molecule has 1 fully saturated rings. The van der Waals surface area contributed by atoms with Crippen molar-refractivity contribution in [1.29, 1.82) is 0 Å². The molecule has 1 aromatic carbocycles. The zero-order valence-corrected chi connectivity index (χ0v) is 12.0. The molecule has 1 atom stereocenters. The Balaban J connectivity index is 2.06. The highest BCUT2D eigenvalue weighted by atomic mass is 35.5. The van der Waals surface area contributed by atoms with Gasteiger partial charge in [0.1, 0.15) is 5.75 Å². The van der Waals surface area contributed by atoms with Crippen molar-refractivity contribution in [3.63, 3.8) is 0 Å². The van der Waals surface area contributed by atoms with Gasteiger partial charge in [-0.1, -0.05) is 11.6 Å². The van der Waals surface area contributed by atoms with Gasteiger partial charge in [0, 0.05) is 23.2 Å². The van der Waals surface area contributed by atoms with Crippen molar-refractivity contribution in [2.75, 3.05) is 6.54 Å². The molecular formula is C14H18ClF2NO2. The van der Waals surface area contributed by atoms with E-state index in [4.69, 9.17) is 11.6 Å². The van der Waals surface area contributed by atoms with Crippen LogP contribution in [0.4, 0.5) is 8.78 Å². The van der Waals surface area contributed by atoms with Gasteiger partial charge in [0.25, 0.3) is 0 Å². The monoisotopic (exact) mass is 305 g/mol. The van der Waals surface area contributed by atoms with E-state index in [1.807, 2.05) is 6.92 Å². The number of hydrogen-bond acceptors (Lipinski definition) is 3. The second-order valence-corrected chi connectivity index (χ2v) is 5.68. The van der Waals surface area contributed by atoms with Crippen LogP contribution in [0.2, 0.25) is 5.02 Å². The largest absolute Gasteiger partial charge is 0.434 e. The minimum atomic E-state index is -2.88. The molecule has 20 heavy (non-hydrogen) atoms. The number of benzene rings is 1. The molecule has 3 nitrogen and oxygen atoms in total. The lowest BCUT2D eigenvalue weighted by atomic mass is 9.80. The number of ether oxygens (including phenoxy) is 1. The summed E-state index contributed by atoms with van der Waals surface area (Å²) in [4.78, 5) is 0. The highest BCUT2D eigenvalue weighted by Gasteiger charge is 2.34. The molecule has 112 valence electrons. The predicted octanol–water partition coefficient (Wildman–Crippen LogP) is 3.51. The van der Waals surface area contributed by atoms with Crippen LogP contribution in [0.25, 0.3) is 0 Å². The van der Waals surface area contributed by atoms with Gasteiger partial charge in [0.2, 0.25) is 0 Å². The van der Waals surface area contributed by atoms with Crippen molar-refractivity contribution in [3.8, 4) is 5.75 Å². The molecule has 1 aliphatic carbocycles. The van der Waals surface area contributed by atoms with Gasteiger partial charge in [-0.3, -0.25) is 0 Å². The topological polar surface area (TPSA) is 41.5 Å². The van der Waals surface area contributed by atoms with Crippen LogP contribution in [0.1, 0.15) is 37.8 Å². The summed E-state index contributed by atoms with van der Waals surface area (Å²) < 4.78 is 29.3. The molecule has 0 aromatic heterocycles. The lowest BCUT2D eigenvalue weighted by Crippen LogP contribution is -2.46. The summed E-state index contributed by atoms with van der Waals surface area (Å²) in [5.74, 6) is 0.102. The summed E-state index contributed by atoms with van der Waals surface area (Å²) in [7, 11) is 0. The van der Waals surface area contributed by atoms with Crippen molar-refractivity contribution >= 4 is 11.6 Å². The maximum Gasteiger partial charge on any atom is 0.387 e. The molecule has 6 heteroatoms. The highest BCUT2D eigenvalue weighted by molar-refractivity contribution is 6.30. The van der Waals surface area contributed by atoms with Crippen LogP contribution >= 0.6 is 11.6 Å². The van der Waals surface area contributed by atoms with Gasteiger partial charge in [-0.05, 0) is 44.4 Å². The van der Waals surface area contributed by atoms with Crippen molar-refractivity contribution in [1.82, 2.24) is 5.32 Å². The lowest BCUT2D eigenvalue weighted by Gasteiger charge is -2.37. The van der Waals surface area contributed by atoms with E-state index in [1.54, 1.807) is 6.07 Å². The fraction of sp³-hybridized carbons (Fsp3) is 0.571. The third kappa shape index (κ3) is 3.81. The molecule has 1 unspecified atom stereocenters. The Morgan fingerprint density at radius 3 is 2.70 bits per heavy atom. The van der Waals surface area contributed by atoms with E-state index in [0.717, 1.165) is 19.3 Å². The molecule has 1 aromatic rings. The second kappa shape index (κ2) is 6.24. The molecule has 0 bridgehead atoms. The minimum Gasteiger partial charge on any atom is -0.434 e. The first kappa shape index (κ1) is 15.5. The zero-order chi connectivity index (χ0) is 14.8. The Hall–Kier alpha value is -0.910. The van der Waals surface area contributed by atoms with E-state index in [1.165, 1.54) is 12.1 Å². The highest BCUT2D eigenvalue weighted by Crippen LogP contribution is 2.33. The minimum absolute atomic E-state index is 0.102. The van der Waals surface area contributed by atoms with Crippen LogP contribution in [-0.4, -0.2) is 23.9 Å². The zero-order valence-electron chi connectivity index (χ0n) is 11.2. The van der Waals surface area contributed by atoms with E-state index >= 15 is 0 Å². The van der Waals surface area contributed by atoms with E-state index in [2.05, 4.69) is 10.1 Å². The molecule has 2 N–H and O–H groups in total. The van der Waals surface area contributed by atoms with E-state index in [-0.39, 0.29) is 11.8 Å². The first-order valence-electron chi connectivity index (χ1n) is 6.60. The SMILES string of the molecule is CC(NCC1(O)CCC1)c1cc(Cl)ccc1OC(F)F. The van der Waals surface area contributed by atoms with Crippen molar-refractivity contribution in [3.05, 3.63) is 28.8 Å². The lowest BCUT2D eigenvalue weighted by molar-refractivity contribution is -0.0512. The first-order valence-corrected chi connectivity index (χ1v) is 6.97.